The number of ether oxygens (including phenoxy) is 1. The zero-order valence-corrected chi connectivity index (χ0v) is 23.7. The molecule has 2 heterocycles. The minimum Gasteiger partial charge on any atom is -0.493 e. The number of aliphatic imine (C=N–C) groups is 1. The summed E-state index contributed by atoms with van der Waals surface area (Å²) >= 11 is 6.99. The highest BCUT2D eigenvalue weighted by Crippen LogP contribution is 2.45. The van der Waals surface area contributed by atoms with Gasteiger partial charge in [-0.2, -0.15) is 0 Å². The maximum atomic E-state index is 14.2. The third-order valence-electron chi connectivity index (χ3n) is 6.49. The number of halogens is 3. The van der Waals surface area contributed by atoms with E-state index in [0.717, 1.165) is 20.1 Å². The third-order valence-corrected chi connectivity index (χ3v) is 7.55. The van der Waals surface area contributed by atoms with E-state index in [2.05, 4.69) is 37.2 Å². The van der Waals surface area contributed by atoms with Gasteiger partial charge in [-0.25, -0.2) is 9.18 Å². The van der Waals surface area contributed by atoms with E-state index in [0.29, 0.717) is 36.8 Å². The Morgan fingerprint density at radius 2 is 1.71 bits per heavy atom. The maximum absolute atomic E-state index is 14.2. The molecule has 10 heteroatoms. The number of amides is 3. The molecule has 1 N–H and O–H groups in total. The van der Waals surface area contributed by atoms with Crippen molar-refractivity contribution in [3.05, 3.63) is 98.2 Å². The van der Waals surface area contributed by atoms with E-state index in [4.69, 9.17) is 9.73 Å². The van der Waals surface area contributed by atoms with Crippen LogP contribution >= 0.6 is 31.9 Å². The van der Waals surface area contributed by atoms with E-state index in [9.17, 15) is 14.0 Å². The third kappa shape index (κ3) is 5.33. The number of nitrogens with zero attached hydrogens (tertiary/aromatic N) is 3. The topological polar surface area (TPSA) is 74.2 Å². The minimum atomic E-state index is -0.517. The lowest BCUT2D eigenvalue weighted by Crippen LogP contribution is -2.55. The fraction of sp³-hybridized carbons (Fsp3) is 0.250. The van der Waals surface area contributed by atoms with E-state index < -0.39 is 17.9 Å². The molecule has 3 amide bonds. The number of rotatable bonds is 5. The number of hydrogen-bond acceptors (Lipinski definition) is 4. The first-order valence-corrected chi connectivity index (χ1v) is 13.8. The van der Waals surface area contributed by atoms with Crippen LogP contribution in [0.5, 0.6) is 5.75 Å². The molecule has 1 saturated heterocycles. The quantitative estimate of drug-likeness (QED) is 0.379. The van der Waals surface area contributed by atoms with Gasteiger partial charge < -0.3 is 15.0 Å². The van der Waals surface area contributed by atoms with E-state index in [1.807, 2.05) is 55.5 Å². The van der Waals surface area contributed by atoms with Gasteiger partial charge >= 0.3 is 6.03 Å². The predicted octanol–water partition coefficient (Wildman–Crippen LogP) is 5.85. The summed E-state index contributed by atoms with van der Waals surface area (Å²) in [6.45, 7) is 2.81. The highest BCUT2D eigenvalue weighted by molar-refractivity contribution is 9.10. The molecule has 1 fully saturated rings. The SMILES string of the molecule is CCOc1cc(F)ccc1C1=NC(c2ccc(Br)cc2)C(c2ccc(Br)cc2)N1C(=O)N1CCNC(=O)C1. The van der Waals surface area contributed by atoms with Crippen LogP contribution in [-0.4, -0.2) is 53.8 Å². The largest absolute Gasteiger partial charge is 0.493 e. The van der Waals surface area contributed by atoms with Crippen molar-refractivity contribution in [2.24, 2.45) is 4.99 Å². The van der Waals surface area contributed by atoms with Gasteiger partial charge in [0.1, 0.15) is 30.0 Å². The molecule has 0 aromatic heterocycles. The maximum Gasteiger partial charge on any atom is 0.326 e. The Kier molecular flexibility index (Phi) is 7.80. The predicted molar refractivity (Wildman–Crippen MR) is 150 cm³/mol. The lowest BCUT2D eigenvalue weighted by molar-refractivity contribution is -0.123. The zero-order chi connectivity index (χ0) is 26.8. The van der Waals surface area contributed by atoms with Crippen molar-refractivity contribution in [3.8, 4) is 5.75 Å². The molecule has 196 valence electrons. The molecule has 2 unspecified atom stereocenters. The molecule has 7 nitrogen and oxygen atoms in total. The lowest BCUT2D eigenvalue weighted by Gasteiger charge is -2.35. The van der Waals surface area contributed by atoms with Crippen LogP contribution in [0.25, 0.3) is 0 Å². The van der Waals surface area contributed by atoms with Crippen molar-refractivity contribution in [1.82, 2.24) is 15.1 Å². The standard InChI is InChI=1S/C28H25Br2FN4O3/c1-2-38-23-15-21(31)11-12-22(23)27-33-25(17-3-7-19(29)8-4-17)26(18-5-9-20(30)10-6-18)35(27)28(37)34-14-13-32-24(36)16-34/h3-12,15,25-26H,2,13-14,16H2,1H3,(H,32,36). The van der Waals surface area contributed by atoms with Gasteiger partial charge in [0.25, 0.3) is 0 Å². The fourth-order valence-corrected chi connectivity index (χ4v) is 5.29. The van der Waals surface area contributed by atoms with Crippen molar-refractivity contribution in [3.63, 3.8) is 0 Å². The molecule has 3 aromatic carbocycles. The molecule has 0 aliphatic carbocycles. The molecule has 0 saturated carbocycles. The molecule has 38 heavy (non-hydrogen) atoms. The molecular formula is C28H25Br2FN4O3. The first-order chi connectivity index (χ1) is 18.4. The average molecular weight is 644 g/mol. The molecule has 2 aliphatic heterocycles. The summed E-state index contributed by atoms with van der Waals surface area (Å²) in [6, 6.07) is 18.5. The van der Waals surface area contributed by atoms with Gasteiger partial charge in [-0.05, 0) is 54.4 Å². The minimum absolute atomic E-state index is 0.0552. The van der Waals surface area contributed by atoms with Crippen LogP contribution < -0.4 is 10.1 Å². The van der Waals surface area contributed by atoms with Crippen molar-refractivity contribution in [2.75, 3.05) is 26.2 Å². The molecule has 3 aromatic rings. The van der Waals surface area contributed by atoms with Crippen LogP contribution in [0.4, 0.5) is 9.18 Å². The van der Waals surface area contributed by atoms with Crippen LogP contribution in [0, 0.1) is 5.82 Å². The number of nitrogens with one attached hydrogen (secondary N) is 1. The average Bonchev–Trinajstić information content (AvgIpc) is 3.29. The number of carbonyl (C=O) groups excluding carboxylic acids is 2. The van der Waals surface area contributed by atoms with Crippen LogP contribution in [0.2, 0.25) is 0 Å². The number of benzene rings is 3. The summed E-state index contributed by atoms with van der Waals surface area (Å²) in [4.78, 5) is 34.7. The Bertz CT molecular complexity index is 1380. The monoisotopic (exact) mass is 642 g/mol. The van der Waals surface area contributed by atoms with Crippen molar-refractivity contribution >= 4 is 49.6 Å². The van der Waals surface area contributed by atoms with E-state index in [-0.39, 0.29) is 18.5 Å². The molecular weight excluding hydrogens is 619 g/mol. The number of piperazine rings is 1. The van der Waals surface area contributed by atoms with Gasteiger partial charge in [-0.15, -0.1) is 0 Å². The number of urea groups is 1. The second-order valence-electron chi connectivity index (χ2n) is 8.94. The number of carbonyl (C=O) groups is 2. The summed E-state index contributed by atoms with van der Waals surface area (Å²) in [5.74, 6) is -0.00395. The first kappa shape index (κ1) is 26.4. The second kappa shape index (κ2) is 11.2. The van der Waals surface area contributed by atoms with Gasteiger partial charge in [-0.1, -0.05) is 56.1 Å². The van der Waals surface area contributed by atoms with Gasteiger partial charge in [0, 0.05) is 28.1 Å². The highest BCUT2D eigenvalue weighted by atomic mass is 79.9. The first-order valence-electron chi connectivity index (χ1n) is 12.2. The molecule has 2 atom stereocenters. The van der Waals surface area contributed by atoms with Crippen LogP contribution in [0.15, 0.2) is 80.7 Å². The molecule has 0 spiro atoms. The Morgan fingerprint density at radius 3 is 2.34 bits per heavy atom. The Morgan fingerprint density at radius 1 is 1.05 bits per heavy atom. The molecule has 0 radical (unpaired) electrons. The Balaban J connectivity index is 1.70. The van der Waals surface area contributed by atoms with Gasteiger partial charge in [0.05, 0.1) is 18.2 Å². The molecule has 0 bridgehead atoms. The van der Waals surface area contributed by atoms with Crippen molar-refractivity contribution in [1.29, 1.82) is 0 Å². The van der Waals surface area contributed by atoms with E-state index >= 15 is 0 Å². The van der Waals surface area contributed by atoms with Crippen LogP contribution in [0.1, 0.15) is 35.7 Å². The van der Waals surface area contributed by atoms with Gasteiger partial charge in [0.2, 0.25) is 5.91 Å². The van der Waals surface area contributed by atoms with Crippen molar-refractivity contribution in [2.45, 2.75) is 19.0 Å². The molecule has 5 rings (SSSR count). The number of amidine groups is 1. The summed E-state index contributed by atoms with van der Waals surface area (Å²) < 4.78 is 21.9. The summed E-state index contributed by atoms with van der Waals surface area (Å²) in [7, 11) is 0. The zero-order valence-electron chi connectivity index (χ0n) is 20.5. The Hall–Kier alpha value is -3.24. The van der Waals surface area contributed by atoms with Crippen LogP contribution in [-0.2, 0) is 4.79 Å². The second-order valence-corrected chi connectivity index (χ2v) is 10.8. The fourth-order valence-electron chi connectivity index (χ4n) is 4.76. The van der Waals surface area contributed by atoms with E-state index in [1.165, 1.54) is 17.0 Å². The van der Waals surface area contributed by atoms with Gasteiger partial charge in [-0.3, -0.25) is 14.7 Å². The Labute approximate surface area is 236 Å². The van der Waals surface area contributed by atoms with Crippen molar-refractivity contribution < 1.29 is 18.7 Å². The summed E-state index contributed by atoms with van der Waals surface area (Å²) in [5, 5.41) is 2.77. The molecule has 2 aliphatic rings. The van der Waals surface area contributed by atoms with Crippen LogP contribution in [0.3, 0.4) is 0 Å². The van der Waals surface area contributed by atoms with E-state index in [1.54, 1.807) is 11.0 Å². The van der Waals surface area contributed by atoms with Gasteiger partial charge in [0.15, 0.2) is 0 Å². The normalized spacial score (nSPS) is 19.3. The lowest BCUT2D eigenvalue weighted by atomic mass is 9.94. The number of hydrogen-bond donors (Lipinski definition) is 1. The smallest absolute Gasteiger partial charge is 0.326 e. The summed E-state index contributed by atoms with van der Waals surface area (Å²) in [5.41, 5.74) is 2.28. The summed E-state index contributed by atoms with van der Waals surface area (Å²) in [6.07, 6.45) is 0. The highest BCUT2D eigenvalue weighted by Gasteiger charge is 2.45.